The maximum Gasteiger partial charge on any atom is 0.243 e. The summed E-state index contributed by atoms with van der Waals surface area (Å²) in [6, 6.07) is 9.56. The van der Waals surface area contributed by atoms with Gasteiger partial charge < -0.3 is 4.90 Å². The standard InChI is InChI=1S/C12H14N2O/c1-9-6-4-5-7-11(9)14(3)12(15)10(2)8-13/h4-7,10H,1-3H3. The molecular weight excluding hydrogens is 188 g/mol. The molecule has 0 aliphatic carbocycles. The number of benzene rings is 1. The number of carbonyl (C=O) groups excluding carboxylic acids is 1. The molecule has 15 heavy (non-hydrogen) atoms. The van der Waals surface area contributed by atoms with E-state index in [1.807, 2.05) is 37.3 Å². The lowest BCUT2D eigenvalue weighted by atomic mass is 10.1. The van der Waals surface area contributed by atoms with Crippen molar-refractivity contribution in [2.45, 2.75) is 13.8 Å². The topological polar surface area (TPSA) is 44.1 Å². The van der Waals surface area contributed by atoms with E-state index in [4.69, 9.17) is 5.26 Å². The van der Waals surface area contributed by atoms with Crippen LogP contribution >= 0.6 is 0 Å². The molecule has 0 saturated carbocycles. The minimum Gasteiger partial charge on any atom is -0.314 e. The predicted octanol–water partition coefficient (Wildman–Crippen LogP) is 2.12. The van der Waals surface area contributed by atoms with Crippen molar-refractivity contribution < 1.29 is 4.79 Å². The third kappa shape index (κ3) is 2.35. The second-order valence-electron chi connectivity index (χ2n) is 3.53. The number of nitrogens with zero attached hydrogens (tertiary/aromatic N) is 2. The number of nitriles is 1. The summed E-state index contributed by atoms with van der Waals surface area (Å²) >= 11 is 0. The lowest BCUT2D eigenvalue weighted by Crippen LogP contribution is -2.31. The zero-order chi connectivity index (χ0) is 11.4. The van der Waals surface area contributed by atoms with Crippen LogP contribution < -0.4 is 4.90 Å². The maximum absolute atomic E-state index is 11.7. The van der Waals surface area contributed by atoms with Crippen molar-refractivity contribution in [3.8, 4) is 6.07 Å². The summed E-state index contributed by atoms with van der Waals surface area (Å²) in [6.07, 6.45) is 0. The van der Waals surface area contributed by atoms with Gasteiger partial charge in [0.15, 0.2) is 0 Å². The van der Waals surface area contributed by atoms with Gasteiger partial charge in [-0.05, 0) is 25.5 Å². The van der Waals surface area contributed by atoms with Crippen LogP contribution in [0.4, 0.5) is 5.69 Å². The van der Waals surface area contributed by atoms with Gasteiger partial charge in [0, 0.05) is 12.7 Å². The molecule has 0 heterocycles. The highest BCUT2D eigenvalue weighted by Gasteiger charge is 2.18. The second kappa shape index (κ2) is 4.61. The number of amides is 1. The molecule has 1 rings (SSSR count). The molecule has 0 saturated heterocycles. The summed E-state index contributed by atoms with van der Waals surface area (Å²) in [4.78, 5) is 13.3. The van der Waals surface area contributed by atoms with Gasteiger partial charge in [0.05, 0.1) is 6.07 Å². The van der Waals surface area contributed by atoms with Crippen LogP contribution in [0.3, 0.4) is 0 Å². The van der Waals surface area contributed by atoms with Crippen LogP contribution in [0.5, 0.6) is 0 Å². The van der Waals surface area contributed by atoms with Crippen molar-refractivity contribution in [3.63, 3.8) is 0 Å². The van der Waals surface area contributed by atoms with E-state index in [9.17, 15) is 4.79 Å². The van der Waals surface area contributed by atoms with E-state index in [1.165, 1.54) is 4.90 Å². The smallest absolute Gasteiger partial charge is 0.243 e. The lowest BCUT2D eigenvalue weighted by Gasteiger charge is -2.20. The molecule has 0 bridgehead atoms. The first-order valence-electron chi connectivity index (χ1n) is 4.80. The fourth-order valence-electron chi connectivity index (χ4n) is 1.40. The molecule has 0 aliphatic rings. The van der Waals surface area contributed by atoms with Crippen LogP contribution in [0.2, 0.25) is 0 Å². The summed E-state index contributed by atoms with van der Waals surface area (Å²) in [5, 5.41) is 8.67. The zero-order valence-corrected chi connectivity index (χ0v) is 9.19. The fraction of sp³-hybridized carbons (Fsp3) is 0.333. The van der Waals surface area contributed by atoms with Gasteiger partial charge in [0.25, 0.3) is 0 Å². The Morgan fingerprint density at radius 3 is 2.60 bits per heavy atom. The van der Waals surface area contributed by atoms with Crippen molar-refractivity contribution in [1.82, 2.24) is 0 Å². The van der Waals surface area contributed by atoms with E-state index < -0.39 is 5.92 Å². The summed E-state index contributed by atoms with van der Waals surface area (Å²) < 4.78 is 0. The Morgan fingerprint density at radius 1 is 1.47 bits per heavy atom. The van der Waals surface area contributed by atoms with E-state index in [0.717, 1.165) is 11.3 Å². The Hall–Kier alpha value is -1.82. The van der Waals surface area contributed by atoms with Gasteiger partial charge in [0.1, 0.15) is 5.92 Å². The first kappa shape index (κ1) is 11.3. The number of hydrogen-bond acceptors (Lipinski definition) is 2. The maximum atomic E-state index is 11.7. The number of anilines is 1. The Balaban J connectivity index is 2.96. The molecule has 1 unspecified atom stereocenters. The van der Waals surface area contributed by atoms with Gasteiger partial charge in [-0.15, -0.1) is 0 Å². The monoisotopic (exact) mass is 202 g/mol. The summed E-state index contributed by atoms with van der Waals surface area (Å²) in [6.45, 7) is 3.55. The summed E-state index contributed by atoms with van der Waals surface area (Å²) in [7, 11) is 1.69. The Labute approximate surface area is 89.9 Å². The molecule has 1 aromatic carbocycles. The average Bonchev–Trinajstić information content (AvgIpc) is 2.26. The number of hydrogen-bond donors (Lipinski definition) is 0. The highest BCUT2D eigenvalue weighted by atomic mass is 16.2. The minimum absolute atomic E-state index is 0.174. The molecule has 1 atom stereocenters. The van der Waals surface area contributed by atoms with E-state index in [-0.39, 0.29) is 5.91 Å². The molecular formula is C12H14N2O. The normalized spacial score (nSPS) is 11.6. The molecule has 0 aromatic heterocycles. The SMILES string of the molecule is Cc1ccccc1N(C)C(=O)C(C)C#N. The van der Waals surface area contributed by atoms with Gasteiger partial charge >= 0.3 is 0 Å². The van der Waals surface area contributed by atoms with E-state index >= 15 is 0 Å². The van der Waals surface area contributed by atoms with Crippen molar-refractivity contribution in [2.75, 3.05) is 11.9 Å². The Bertz CT molecular complexity index is 406. The number of rotatable bonds is 2. The Morgan fingerprint density at radius 2 is 2.07 bits per heavy atom. The quantitative estimate of drug-likeness (QED) is 0.737. The second-order valence-corrected chi connectivity index (χ2v) is 3.53. The molecule has 0 radical (unpaired) electrons. The molecule has 3 heteroatoms. The lowest BCUT2D eigenvalue weighted by molar-refractivity contribution is -0.120. The van der Waals surface area contributed by atoms with E-state index in [0.29, 0.717) is 0 Å². The number of carbonyl (C=O) groups is 1. The highest BCUT2D eigenvalue weighted by molar-refractivity contribution is 5.96. The molecule has 0 fully saturated rings. The van der Waals surface area contributed by atoms with Gasteiger partial charge in [-0.3, -0.25) is 4.79 Å². The first-order chi connectivity index (χ1) is 7.07. The van der Waals surface area contributed by atoms with Gasteiger partial charge in [-0.2, -0.15) is 5.26 Å². The van der Waals surface area contributed by atoms with Crippen LogP contribution in [-0.2, 0) is 4.79 Å². The minimum atomic E-state index is -0.602. The molecule has 0 N–H and O–H groups in total. The van der Waals surface area contributed by atoms with Gasteiger partial charge in [-0.25, -0.2) is 0 Å². The van der Waals surface area contributed by atoms with Crippen molar-refractivity contribution in [1.29, 1.82) is 5.26 Å². The van der Waals surface area contributed by atoms with E-state index in [2.05, 4.69) is 0 Å². The van der Waals surface area contributed by atoms with Crippen molar-refractivity contribution in [2.24, 2.45) is 5.92 Å². The van der Waals surface area contributed by atoms with Gasteiger partial charge in [-0.1, -0.05) is 18.2 Å². The molecule has 1 amide bonds. The van der Waals surface area contributed by atoms with Crippen molar-refractivity contribution in [3.05, 3.63) is 29.8 Å². The number of aryl methyl sites for hydroxylation is 1. The van der Waals surface area contributed by atoms with Crippen molar-refractivity contribution >= 4 is 11.6 Å². The van der Waals surface area contributed by atoms with Crippen LogP contribution in [-0.4, -0.2) is 13.0 Å². The Kier molecular flexibility index (Phi) is 3.46. The van der Waals surface area contributed by atoms with Crippen LogP contribution in [0.25, 0.3) is 0 Å². The summed E-state index contributed by atoms with van der Waals surface area (Å²) in [5.74, 6) is -0.776. The third-order valence-corrected chi connectivity index (χ3v) is 2.37. The molecule has 0 spiro atoms. The van der Waals surface area contributed by atoms with Crippen LogP contribution in [0.1, 0.15) is 12.5 Å². The van der Waals surface area contributed by atoms with Crippen LogP contribution in [0.15, 0.2) is 24.3 Å². The molecule has 3 nitrogen and oxygen atoms in total. The van der Waals surface area contributed by atoms with E-state index in [1.54, 1.807) is 14.0 Å². The first-order valence-corrected chi connectivity index (χ1v) is 4.80. The van der Waals surface area contributed by atoms with Gasteiger partial charge in [0.2, 0.25) is 5.91 Å². The molecule has 78 valence electrons. The third-order valence-electron chi connectivity index (χ3n) is 2.37. The number of para-hydroxylation sites is 1. The van der Waals surface area contributed by atoms with Crippen LogP contribution in [0, 0.1) is 24.2 Å². The fourth-order valence-corrected chi connectivity index (χ4v) is 1.40. The zero-order valence-electron chi connectivity index (χ0n) is 9.19. The molecule has 1 aromatic rings. The predicted molar refractivity (Wildman–Crippen MR) is 59.4 cm³/mol. The largest absolute Gasteiger partial charge is 0.314 e. The average molecular weight is 202 g/mol. The highest BCUT2D eigenvalue weighted by Crippen LogP contribution is 2.19. The molecule has 0 aliphatic heterocycles. The summed E-state index contributed by atoms with van der Waals surface area (Å²) in [5.41, 5.74) is 1.88.